The molecule has 0 spiro atoms. The Morgan fingerprint density at radius 1 is 1.31 bits per heavy atom. The van der Waals surface area contributed by atoms with Crippen LogP contribution in [0.5, 0.6) is 0 Å². The average molecular weight is 205 g/mol. The zero-order valence-corrected chi connectivity index (χ0v) is 7.56. The first-order valence-corrected chi connectivity index (χ1v) is 3.96. The summed E-state index contributed by atoms with van der Waals surface area (Å²) in [5.74, 6) is -1.09. The highest BCUT2D eigenvalue weighted by molar-refractivity contribution is 6.19. The van der Waals surface area contributed by atoms with Gasteiger partial charge in [0.15, 0.2) is 0 Å². The highest BCUT2D eigenvalue weighted by atomic mass is 35.5. The van der Waals surface area contributed by atoms with Crippen LogP contribution in [0.15, 0.2) is 12.7 Å². The van der Waals surface area contributed by atoms with Crippen LogP contribution in [0.4, 0.5) is 4.79 Å². The number of imide groups is 2. The Labute approximate surface area is 80.1 Å². The van der Waals surface area contributed by atoms with Crippen molar-refractivity contribution in [3.63, 3.8) is 0 Å². The molecule has 5 nitrogen and oxygen atoms in total. The third-order valence-electron chi connectivity index (χ3n) is 0.997. The Bertz CT molecular complexity index is 240. The van der Waals surface area contributed by atoms with Crippen LogP contribution in [-0.4, -0.2) is 23.7 Å². The molecule has 0 aliphatic rings. The summed E-state index contributed by atoms with van der Waals surface area (Å²) in [4.78, 5) is 32.0. The van der Waals surface area contributed by atoms with Crippen LogP contribution in [0.25, 0.3) is 0 Å². The number of hydrogen-bond acceptors (Lipinski definition) is 3. The predicted octanol–water partition coefficient (Wildman–Crippen LogP) is 0.154. The van der Waals surface area contributed by atoms with Gasteiger partial charge in [0.2, 0.25) is 5.91 Å². The molecule has 0 rings (SSSR count). The predicted molar refractivity (Wildman–Crippen MR) is 47.2 cm³/mol. The minimum absolute atomic E-state index is 0.0251. The average Bonchev–Trinajstić information content (AvgIpc) is 2.04. The third-order valence-corrected chi connectivity index (χ3v) is 1.19. The molecule has 6 heteroatoms. The Kier molecular flexibility index (Phi) is 5.54. The van der Waals surface area contributed by atoms with Gasteiger partial charge in [0.05, 0.1) is 0 Å². The summed E-state index contributed by atoms with van der Waals surface area (Å²) in [5, 5.41) is 3.75. The van der Waals surface area contributed by atoms with Gasteiger partial charge in [0.25, 0.3) is 5.91 Å². The molecule has 13 heavy (non-hydrogen) atoms. The summed E-state index contributed by atoms with van der Waals surface area (Å²) >= 11 is 5.24. The quantitative estimate of drug-likeness (QED) is 0.508. The lowest BCUT2D eigenvalue weighted by Crippen LogP contribution is -2.41. The van der Waals surface area contributed by atoms with Crippen LogP contribution in [0.2, 0.25) is 0 Å². The van der Waals surface area contributed by atoms with Crippen LogP contribution in [-0.2, 0) is 9.59 Å². The van der Waals surface area contributed by atoms with E-state index in [1.54, 1.807) is 0 Å². The topological polar surface area (TPSA) is 75.3 Å². The van der Waals surface area contributed by atoms with E-state index in [0.29, 0.717) is 0 Å². The number of carbonyl (C=O) groups excluding carboxylic acids is 3. The van der Waals surface area contributed by atoms with Crippen LogP contribution in [0.1, 0.15) is 6.42 Å². The van der Waals surface area contributed by atoms with Crippen LogP contribution >= 0.6 is 11.6 Å². The Balaban J connectivity index is 3.80. The summed E-state index contributed by atoms with van der Waals surface area (Å²) < 4.78 is 0. The highest BCUT2D eigenvalue weighted by Gasteiger charge is 2.07. The van der Waals surface area contributed by atoms with E-state index in [4.69, 9.17) is 11.6 Å². The first-order chi connectivity index (χ1) is 6.10. The summed E-state index contributed by atoms with van der Waals surface area (Å²) in [6.07, 6.45) is 0.947. The number of nitrogens with one attached hydrogen (secondary N) is 2. The molecule has 72 valence electrons. The second-order valence-electron chi connectivity index (χ2n) is 2.01. The van der Waals surface area contributed by atoms with E-state index < -0.39 is 17.8 Å². The van der Waals surface area contributed by atoms with E-state index in [2.05, 4.69) is 6.58 Å². The number of alkyl halides is 1. The zero-order valence-electron chi connectivity index (χ0n) is 6.80. The molecule has 0 bridgehead atoms. The minimum Gasteiger partial charge on any atom is -0.278 e. The number of halogens is 1. The minimum atomic E-state index is -0.875. The molecule has 2 N–H and O–H groups in total. The van der Waals surface area contributed by atoms with E-state index >= 15 is 0 Å². The highest BCUT2D eigenvalue weighted by Crippen LogP contribution is 1.83. The van der Waals surface area contributed by atoms with Crippen molar-refractivity contribution in [1.82, 2.24) is 10.6 Å². The Hall–Kier alpha value is -1.36. The second-order valence-corrected chi connectivity index (χ2v) is 2.39. The van der Waals surface area contributed by atoms with Crippen molar-refractivity contribution in [3.05, 3.63) is 12.7 Å². The molecule has 0 fully saturated rings. The van der Waals surface area contributed by atoms with E-state index in [0.717, 1.165) is 6.08 Å². The maximum absolute atomic E-state index is 10.7. The monoisotopic (exact) mass is 204 g/mol. The Morgan fingerprint density at radius 2 is 1.92 bits per heavy atom. The lowest BCUT2D eigenvalue weighted by atomic mass is 10.4. The first kappa shape index (κ1) is 11.6. The van der Waals surface area contributed by atoms with Gasteiger partial charge in [-0.05, 0) is 6.08 Å². The van der Waals surface area contributed by atoms with Gasteiger partial charge >= 0.3 is 6.03 Å². The maximum atomic E-state index is 10.7. The third kappa shape index (κ3) is 5.86. The van der Waals surface area contributed by atoms with E-state index in [-0.39, 0.29) is 12.3 Å². The second kappa shape index (κ2) is 6.19. The standard InChI is InChI=1S/C7H9ClN2O3/c1-2-5(11)9-7(13)10-6(12)3-4-8/h2H,1,3-4H2,(H2,9,10,11,12,13). The number of hydrogen-bond donors (Lipinski definition) is 2. The smallest absolute Gasteiger partial charge is 0.278 e. The number of rotatable bonds is 3. The molecule has 0 radical (unpaired) electrons. The lowest BCUT2D eigenvalue weighted by molar-refractivity contribution is -0.119. The maximum Gasteiger partial charge on any atom is 0.328 e. The fourth-order valence-electron chi connectivity index (χ4n) is 0.469. The van der Waals surface area contributed by atoms with Crippen molar-refractivity contribution >= 4 is 29.4 Å². The molecule has 0 aromatic rings. The molecule has 0 unspecified atom stereocenters. The molecular weight excluding hydrogens is 196 g/mol. The molecule has 0 atom stereocenters. The first-order valence-electron chi connectivity index (χ1n) is 3.43. The van der Waals surface area contributed by atoms with Gasteiger partial charge in [-0.1, -0.05) is 6.58 Å². The summed E-state index contributed by atoms with van der Waals surface area (Å²) in [6.45, 7) is 3.13. The molecule has 0 heterocycles. The van der Waals surface area contributed by atoms with Crippen molar-refractivity contribution < 1.29 is 14.4 Å². The molecule has 4 amide bonds. The van der Waals surface area contributed by atoms with Gasteiger partial charge in [0, 0.05) is 12.3 Å². The van der Waals surface area contributed by atoms with Crippen molar-refractivity contribution in [2.45, 2.75) is 6.42 Å². The summed E-state index contributed by atoms with van der Waals surface area (Å²) in [7, 11) is 0. The normalized spacial score (nSPS) is 8.69. The fraction of sp³-hybridized carbons (Fsp3) is 0.286. The van der Waals surface area contributed by atoms with Crippen LogP contribution in [0, 0.1) is 0 Å². The number of carbonyl (C=O) groups is 3. The summed E-state index contributed by atoms with van der Waals surface area (Å²) in [5.41, 5.74) is 0. The molecule has 0 aromatic carbocycles. The van der Waals surface area contributed by atoms with Gasteiger partial charge in [-0.25, -0.2) is 4.79 Å². The largest absolute Gasteiger partial charge is 0.328 e. The molecule has 0 aliphatic carbocycles. The van der Waals surface area contributed by atoms with Crippen molar-refractivity contribution in [2.24, 2.45) is 0 Å². The van der Waals surface area contributed by atoms with Crippen LogP contribution in [0.3, 0.4) is 0 Å². The molecule has 0 aliphatic heterocycles. The van der Waals surface area contributed by atoms with Gasteiger partial charge in [-0.15, -0.1) is 11.6 Å². The molecule has 0 saturated carbocycles. The molecule has 0 saturated heterocycles. The summed E-state index contributed by atoms with van der Waals surface area (Å²) in [6, 6.07) is -0.875. The van der Waals surface area contributed by atoms with E-state index in [1.165, 1.54) is 0 Å². The fourth-order valence-corrected chi connectivity index (χ4v) is 0.641. The van der Waals surface area contributed by atoms with Crippen LogP contribution < -0.4 is 10.6 Å². The van der Waals surface area contributed by atoms with Crippen molar-refractivity contribution in [3.8, 4) is 0 Å². The van der Waals surface area contributed by atoms with Gasteiger partial charge in [-0.2, -0.15) is 0 Å². The van der Waals surface area contributed by atoms with Crippen molar-refractivity contribution in [2.75, 3.05) is 5.88 Å². The zero-order chi connectivity index (χ0) is 10.3. The van der Waals surface area contributed by atoms with Gasteiger partial charge < -0.3 is 0 Å². The van der Waals surface area contributed by atoms with Crippen molar-refractivity contribution in [1.29, 1.82) is 0 Å². The molecule has 0 aromatic heterocycles. The Morgan fingerprint density at radius 3 is 2.38 bits per heavy atom. The van der Waals surface area contributed by atoms with E-state index in [9.17, 15) is 14.4 Å². The molecular formula is C7H9ClN2O3. The number of amides is 4. The SMILES string of the molecule is C=CC(=O)NC(=O)NC(=O)CCCl. The van der Waals surface area contributed by atoms with Gasteiger partial charge in [0.1, 0.15) is 0 Å². The van der Waals surface area contributed by atoms with E-state index in [1.807, 2.05) is 10.6 Å². The lowest BCUT2D eigenvalue weighted by Gasteiger charge is -2.01. The van der Waals surface area contributed by atoms with Gasteiger partial charge in [-0.3, -0.25) is 20.2 Å². The number of urea groups is 1.